The Hall–Kier alpha value is -0.610. The van der Waals surface area contributed by atoms with Gasteiger partial charge in [0.25, 0.3) is 0 Å². The highest BCUT2D eigenvalue weighted by Crippen LogP contribution is 2.41. The predicted molar refractivity (Wildman–Crippen MR) is 59.4 cm³/mol. The van der Waals surface area contributed by atoms with Crippen molar-refractivity contribution in [1.82, 2.24) is 4.90 Å². The smallest absolute Gasteiger partial charge is 0.230 e. The van der Waals surface area contributed by atoms with Crippen molar-refractivity contribution in [2.75, 3.05) is 27.3 Å². The first-order valence-electron chi connectivity index (χ1n) is 5.53. The van der Waals surface area contributed by atoms with Crippen molar-refractivity contribution in [3.63, 3.8) is 0 Å². The van der Waals surface area contributed by atoms with Crippen LogP contribution in [0.15, 0.2) is 0 Å². The molecule has 4 heteroatoms. The summed E-state index contributed by atoms with van der Waals surface area (Å²) in [6.45, 7) is 3.03. The predicted octanol–water partition coefficient (Wildman–Crippen LogP) is 0.609. The number of ether oxygens (including phenoxy) is 1. The standard InChI is InChI=1S/C11H22N2O2/c1-9(7-15-3)13(2)10(14)11(8-12)5-4-6-11/h9H,4-8,12H2,1-3H3. The second-order valence-electron chi connectivity index (χ2n) is 4.56. The number of nitrogens with zero attached hydrogens (tertiary/aromatic N) is 1. The molecule has 0 aliphatic heterocycles. The fraction of sp³-hybridized carbons (Fsp3) is 0.909. The quantitative estimate of drug-likeness (QED) is 0.729. The normalized spacial score (nSPS) is 20.5. The van der Waals surface area contributed by atoms with Crippen molar-refractivity contribution < 1.29 is 9.53 Å². The van der Waals surface area contributed by atoms with Crippen LogP contribution in [0.2, 0.25) is 0 Å². The molecule has 1 amide bonds. The molecule has 0 aromatic carbocycles. The number of carbonyl (C=O) groups is 1. The van der Waals surface area contributed by atoms with Crippen LogP contribution < -0.4 is 5.73 Å². The van der Waals surface area contributed by atoms with Gasteiger partial charge in [-0.2, -0.15) is 0 Å². The Labute approximate surface area is 91.8 Å². The van der Waals surface area contributed by atoms with Gasteiger partial charge in [-0.05, 0) is 19.8 Å². The Kier molecular flexibility index (Phi) is 4.11. The van der Waals surface area contributed by atoms with Crippen molar-refractivity contribution in [2.24, 2.45) is 11.1 Å². The first kappa shape index (κ1) is 12.5. The molecule has 1 atom stereocenters. The molecule has 0 saturated heterocycles. The summed E-state index contributed by atoms with van der Waals surface area (Å²) in [5.74, 6) is 0.181. The lowest BCUT2D eigenvalue weighted by Gasteiger charge is -2.43. The highest BCUT2D eigenvalue weighted by atomic mass is 16.5. The third-order valence-corrected chi connectivity index (χ3v) is 3.54. The Morgan fingerprint density at radius 3 is 2.53 bits per heavy atom. The van der Waals surface area contributed by atoms with Crippen molar-refractivity contribution in [2.45, 2.75) is 32.2 Å². The van der Waals surface area contributed by atoms with Crippen LogP contribution in [-0.4, -0.2) is 44.2 Å². The zero-order valence-electron chi connectivity index (χ0n) is 9.95. The van der Waals surface area contributed by atoms with E-state index in [1.54, 1.807) is 12.0 Å². The van der Waals surface area contributed by atoms with Crippen LogP contribution in [0.3, 0.4) is 0 Å². The summed E-state index contributed by atoms with van der Waals surface area (Å²) in [6, 6.07) is 0.117. The van der Waals surface area contributed by atoms with Crippen LogP contribution >= 0.6 is 0 Å². The molecular weight excluding hydrogens is 192 g/mol. The second-order valence-corrected chi connectivity index (χ2v) is 4.56. The van der Waals surface area contributed by atoms with E-state index in [0.29, 0.717) is 13.2 Å². The average molecular weight is 214 g/mol. The topological polar surface area (TPSA) is 55.6 Å². The van der Waals surface area contributed by atoms with Gasteiger partial charge in [-0.25, -0.2) is 0 Å². The van der Waals surface area contributed by atoms with Crippen LogP contribution in [0.25, 0.3) is 0 Å². The molecule has 0 aromatic rings. The van der Waals surface area contributed by atoms with E-state index in [-0.39, 0.29) is 17.4 Å². The zero-order valence-corrected chi connectivity index (χ0v) is 9.95. The van der Waals surface area contributed by atoms with E-state index in [2.05, 4.69) is 0 Å². The van der Waals surface area contributed by atoms with E-state index in [1.807, 2.05) is 14.0 Å². The fourth-order valence-electron chi connectivity index (χ4n) is 2.04. The molecule has 0 spiro atoms. The van der Waals surface area contributed by atoms with Crippen LogP contribution in [0.5, 0.6) is 0 Å². The molecule has 15 heavy (non-hydrogen) atoms. The molecule has 1 rings (SSSR count). The molecule has 2 N–H and O–H groups in total. The maximum atomic E-state index is 12.2. The van der Waals surface area contributed by atoms with Crippen LogP contribution in [0, 0.1) is 5.41 Å². The van der Waals surface area contributed by atoms with Crippen molar-refractivity contribution in [3.8, 4) is 0 Å². The minimum atomic E-state index is -0.267. The van der Waals surface area contributed by atoms with Gasteiger partial charge in [0.05, 0.1) is 18.1 Å². The number of hydrogen-bond acceptors (Lipinski definition) is 3. The number of rotatable bonds is 5. The third kappa shape index (κ3) is 2.32. The SMILES string of the molecule is COCC(C)N(C)C(=O)C1(CN)CCC1. The largest absolute Gasteiger partial charge is 0.383 e. The van der Waals surface area contributed by atoms with E-state index >= 15 is 0 Å². The third-order valence-electron chi connectivity index (χ3n) is 3.54. The molecule has 4 nitrogen and oxygen atoms in total. The second kappa shape index (κ2) is 4.94. The Balaban J connectivity index is 2.58. The Morgan fingerprint density at radius 2 is 2.20 bits per heavy atom. The van der Waals surface area contributed by atoms with Gasteiger partial charge in [-0.3, -0.25) is 4.79 Å². The summed E-state index contributed by atoms with van der Waals surface area (Å²) in [5, 5.41) is 0. The summed E-state index contributed by atoms with van der Waals surface area (Å²) < 4.78 is 5.05. The lowest BCUT2D eigenvalue weighted by molar-refractivity contribution is -0.148. The summed E-state index contributed by atoms with van der Waals surface area (Å²) in [4.78, 5) is 14.0. The summed E-state index contributed by atoms with van der Waals surface area (Å²) >= 11 is 0. The summed E-state index contributed by atoms with van der Waals surface area (Å²) in [6.07, 6.45) is 2.99. The van der Waals surface area contributed by atoms with E-state index < -0.39 is 0 Å². The fourth-order valence-corrected chi connectivity index (χ4v) is 2.04. The highest BCUT2D eigenvalue weighted by Gasteiger charge is 2.44. The van der Waals surface area contributed by atoms with Crippen LogP contribution in [0.4, 0.5) is 0 Å². The Bertz CT molecular complexity index is 221. The molecule has 1 saturated carbocycles. The lowest BCUT2D eigenvalue weighted by Crippen LogP contribution is -2.53. The van der Waals surface area contributed by atoms with Gasteiger partial charge in [-0.1, -0.05) is 6.42 Å². The van der Waals surface area contributed by atoms with Crippen molar-refractivity contribution >= 4 is 5.91 Å². The average Bonchev–Trinajstić information content (AvgIpc) is 2.16. The number of hydrogen-bond donors (Lipinski definition) is 1. The molecule has 88 valence electrons. The molecule has 0 aromatic heterocycles. The number of methoxy groups -OCH3 is 1. The summed E-state index contributed by atoms with van der Waals surface area (Å²) in [7, 11) is 3.48. The van der Waals surface area contributed by atoms with Crippen LogP contribution in [-0.2, 0) is 9.53 Å². The number of carbonyl (C=O) groups excluding carboxylic acids is 1. The lowest BCUT2D eigenvalue weighted by atomic mass is 9.67. The molecule has 0 bridgehead atoms. The van der Waals surface area contributed by atoms with E-state index in [9.17, 15) is 4.79 Å². The van der Waals surface area contributed by atoms with Gasteiger partial charge in [0.15, 0.2) is 0 Å². The minimum absolute atomic E-state index is 0.117. The molecule has 1 fully saturated rings. The van der Waals surface area contributed by atoms with Crippen molar-refractivity contribution in [3.05, 3.63) is 0 Å². The number of nitrogens with two attached hydrogens (primary N) is 1. The number of likely N-dealkylation sites (N-methyl/N-ethyl adjacent to an activating group) is 1. The van der Waals surface area contributed by atoms with Gasteiger partial charge in [-0.15, -0.1) is 0 Å². The Morgan fingerprint density at radius 1 is 1.60 bits per heavy atom. The maximum absolute atomic E-state index is 12.2. The highest BCUT2D eigenvalue weighted by molar-refractivity contribution is 5.84. The first-order chi connectivity index (χ1) is 7.07. The zero-order chi connectivity index (χ0) is 11.5. The van der Waals surface area contributed by atoms with Gasteiger partial charge < -0.3 is 15.4 Å². The van der Waals surface area contributed by atoms with Gasteiger partial charge in [0.2, 0.25) is 5.91 Å². The van der Waals surface area contributed by atoms with Crippen LogP contribution in [0.1, 0.15) is 26.2 Å². The molecule has 1 unspecified atom stereocenters. The first-order valence-corrected chi connectivity index (χ1v) is 5.53. The number of amides is 1. The van der Waals surface area contributed by atoms with E-state index in [4.69, 9.17) is 10.5 Å². The van der Waals surface area contributed by atoms with E-state index in [0.717, 1.165) is 19.3 Å². The van der Waals surface area contributed by atoms with Gasteiger partial charge >= 0.3 is 0 Å². The minimum Gasteiger partial charge on any atom is -0.383 e. The molecule has 1 aliphatic carbocycles. The van der Waals surface area contributed by atoms with Crippen molar-refractivity contribution in [1.29, 1.82) is 0 Å². The monoisotopic (exact) mass is 214 g/mol. The molecule has 1 aliphatic rings. The van der Waals surface area contributed by atoms with E-state index in [1.165, 1.54) is 0 Å². The van der Waals surface area contributed by atoms with Gasteiger partial charge in [0, 0.05) is 20.7 Å². The summed E-state index contributed by atoms with van der Waals surface area (Å²) in [5.41, 5.74) is 5.44. The maximum Gasteiger partial charge on any atom is 0.230 e. The molecule has 0 radical (unpaired) electrons. The van der Waals surface area contributed by atoms with Gasteiger partial charge in [0.1, 0.15) is 0 Å². The molecular formula is C11H22N2O2. The molecule has 0 heterocycles.